The summed E-state index contributed by atoms with van der Waals surface area (Å²) in [4.78, 5) is 11.0. The van der Waals surface area contributed by atoms with Gasteiger partial charge in [0.1, 0.15) is 0 Å². The van der Waals surface area contributed by atoms with E-state index in [1.165, 1.54) is 15.5 Å². The van der Waals surface area contributed by atoms with E-state index >= 15 is 0 Å². The first kappa shape index (κ1) is 16.9. The van der Waals surface area contributed by atoms with E-state index in [4.69, 9.17) is 5.73 Å². The van der Waals surface area contributed by atoms with E-state index in [9.17, 15) is 10.0 Å². The summed E-state index contributed by atoms with van der Waals surface area (Å²) in [6.07, 6.45) is 0. The number of rotatable bonds is 2. The second-order valence-electron chi connectivity index (χ2n) is 4.71. The van der Waals surface area contributed by atoms with Crippen molar-refractivity contribution in [2.75, 3.05) is 0 Å². The molecule has 1 unspecified atom stereocenters. The van der Waals surface area contributed by atoms with Crippen molar-refractivity contribution in [2.45, 2.75) is 13.0 Å². The first-order valence-electron chi connectivity index (χ1n) is 6.26. The minimum absolute atomic E-state index is 0. The predicted molar refractivity (Wildman–Crippen MR) is 88.1 cm³/mol. The van der Waals surface area contributed by atoms with Crippen LogP contribution in [0.1, 0.15) is 18.5 Å². The number of carbonyl (C=O) groups is 1. The third kappa shape index (κ3) is 3.17. The summed E-state index contributed by atoms with van der Waals surface area (Å²) >= 11 is 1.70. The van der Waals surface area contributed by atoms with Gasteiger partial charge in [-0.1, -0.05) is 30.3 Å². The summed E-state index contributed by atoms with van der Waals surface area (Å²) in [7, 11) is 0. The summed E-state index contributed by atoms with van der Waals surface area (Å²) in [5.74, 6) is 0. The van der Waals surface area contributed by atoms with Crippen molar-refractivity contribution in [3.05, 3.63) is 48.0 Å². The molecule has 104 valence electrons. The first-order valence-corrected chi connectivity index (χ1v) is 7.08. The molecule has 0 fully saturated rings. The van der Waals surface area contributed by atoms with Gasteiger partial charge in [0, 0.05) is 20.2 Å². The summed E-state index contributed by atoms with van der Waals surface area (Å²) in [5.41, 5.74) is 5.94. The predicted octanol–water partition coefficient (Wildman–Crippen LogP) is 3.24. The van der Waals surface area contributed by atoms with Gasteiger partial charge in [-0.15, -0.1) is 11.3 Å². The van der Waals surface area contributed by atoms with Crippen LogP contribution >= 0.6 is 11.3 Å². The van der Waals surface area contributed by atoms with E-state index in [0.717, 1.165) is 10.3 Å². The molecule has 1 heterocycles. The van der Waals surface area contributed by atoms with Crippen LogP contribution in [0.15, 0.2) is 42.5 Å². The van der Waals surface area contributed by atoms with Crippen molar-refractivity contribution in [1.82, 2.24) is 5.06 Å². The molecule has 1 atom stereocenters. The second kappa shape index (κ2) is 6.74. The number of hydroxylamine groups is 2. The van der Waals surface area contributed by atoms with Gasteiger partial charge >= 0.3 is 57.4 Å². The van der Waals surface area contributed by atoms with E-state index < -0.39 is 12.1 Å². The van der Waals surface area contributed by atoms with Gasteiger partial charge in [0.25, 0.3) is 0 Å². The van der Waals surface area contributed by atoms with Gasteiger partial charge in [-0.2, -0.15) is 5.06 Å². The Kier molecular flexibility index (Phi) is 5.42. The monoisotopic (exact) mass is 326 g/mol. The van der Waals surface area contributed by atoms with Crippen LogP contribution in [0, 0.1) is 0 Å². The Morgan fingerprint density at radius 2 is 1.86 bits per heavy atom. The summed E-state index contributed by atoms with van der Waals surface area (Å²) in [5, 5.41) is 12.6. The van der Waals surface area contributed by atoms with Gasteiger partial charge < -0.3 is 5.73 Å². The average Bonchev–Trinajstić information content (AvgIpc) is 2.83. The van der Waals surface area contributed by atoms with Crippen LogP contribution in [-0.4, -0.2) is 67.7 Å². The first-order chi connectivity index (χ1) is 9.58. The normalized spacial score (nSPS) is 12.1. The average molecular weight is 326 g/mol. The molecular formula is C15H15KN2O2S. The molecule has 0 bridgehead atoms. The second-order valence-corrected chi connectivity index (χ2v) is 5.80. The molecule has 2 amide bonds. The number of nitrogens with two attached hydrogens (primary N) is 1. The molecule has 0 spiro atoms. The number of primary amides is 1. The van der Waals surface area contributed by atoms with Crippen LogP contribution in [0.5, 0.6) is 0 Å². The molecule has 1 aromatic heterocycles. The van der Waals surface area contributed by atoms with Gasteiger partial charge in [0.15, 0.2) is 0 Å². The van der Waals surface area contributed by atoms with Crippen molar-refractivity contribution in [3.8, 4) is 0 Å². The number of hydrogen-bond acceptors (Lipinski definition) is 3. The van der Waals surface area contributed by atoms with Gasteiger partial charge in [-0.05, 0) is 24.6 Å². The molecule has 0 aliphatic heterocycles. The molecule has 0 saturated heterocycles. The van der Waals surface area contributed by atoms with Crippen molar-refractivity contribution in [2.24, 2.45) is 5.73 Å². The zero-order chi connectivity index (χ0) is 14.3. The number of benzene rings is 2. The number of urea groups is 1. The fourth-order valence-electron chi connectivity index (χ4n) is 2.33. The quantitative estimate of drug-likeness (QED) is 0.431. The number of hydrogen-bond donors (Lipinski definition) is 2. The molecule has 3 N–H and O–H groups in total. The molecule has 21 heavy (non-hydrogen) atoms. The van der Waals surface area contributed by atoms with Crippen LogP contribution in [-0.2, 0) is 0 Å². The molecule has 0 aliphatic rings. The van der Waals surface area contributed by atoms with Crippen molar-refractivity contribution in [3.63, 3.8) is 0 Å². The Labute approximate surface area is 168 Å². The van der Waals surface area contributed by atoms with E-state index in [1.54, 1.807) is 18.3 Å². The Hall–Kier alpha value is -0.474. The molecule has 0 saturated carbocycles. The van der Waals surface area contributed by atoms with Crippen LogP contribution in [0.2, 0.25) is 0 Å². The van der Waals surface area contributed by atoms with E-state index in [2.05, 4.69) is 12.1 Å². The molecule has 3 rings (SSSR count). The third-order valence-corrected chi connectivity index (χ3v) is 4.61. The molecule has 0 radical (unpaired) electrons. The molecule has 0 aliphatic carbocycles. The topological polar surface area (TPSA) is 66.6 Å². The fourth-order valence-corrected chi connectivity index (χ4v) is 3.49. The molecule has 4 nitrogen and oxygen atoms in total. The molecular weight excluding hydrogens is 311 g/mol. The van der Waals surface area contributed by atoms with Crippen LogP contribution in [0.3, 0.4) is 0 Å². The maximum atomic E-state index is 11.0. The van der Waals surface area contributed by atoms with Crippen molar-refractivity contribution < 1.29 is 10.0 Å². The molecule has 6 heteroatoms. The van der Waals surface area contributed by atoms with Crippen molar-refractivity contribution in [1.29, 1.82) is 0 Å². The SMILES string of the molecule is CC(c1ccc2c(c1)sc1ccccc12)N(O)C(N)=O.[KH]. The van der Waals surface area contributed by atoms with Crippen LogP contribution in [0.4, 0.5) is 4.79 Å². The summed E-state index contributed by atoms with van der Waals surface area (Å²) in [6, 6.07) is 12.8. The van der Waals surface area contributed by atoms with E-state index in [0.29, 0.717) is 5.06 Å². The minimum atomic E-state index is -0.853. The van der Waals surface area contributed by atoms with Crippen LogP contribution in [0.25, 0.3) is 20.2 Å². The maximum absolute atomic E-state index is 11.0. The Morgan fingerprint density at radius 3 is 2.57 bits per heavy atom. The number of nitrogens with zero attached hydrogens (tertiary/aromatic N) is 1. The summed E-state index contributed by atoms with van der Waals surface area (Å²) in [6.45, 7) is 1.74. The molecule has 2 aromatic carbocycles. The van der Waals surface area contributed by atoms with E-state index in [-0.39, 0.29) is 51.4 Å². The third-order valence-electron chi connectivity index (χ3n) is 3.48. The van der Waals surface area contributed by atoms with Crippen molar-refractivity contribution >= 4 is 88.9 Å². The van der Waals surface area contributed by atoms with Gasteiger partial charge in [-0.3, -0.25) is 5.21 Å². The fraction of sp³-hybridized carbons (Fsp3) is 0.133. The van der Waals surface area contributed by atoms with Gasteiger partial charge in [0.05, 0.1) is 6.04 Å². The number of thiophene rings is 1. The Bertz CT molecular complexity index is 803. The van der Waals surface area contributed by atoms with Crippen LogP contribution < -0.4 is 5.73 Å². The zero-order valence-corrected chi connectivity index (χ0v) is 11.7. The van der Waals surface area contributed by atoms with Gasteiger partial charge in [0.2, 0.25) is 0 Å². The number of fused-ring (bicyclic) bond motifs is 3. The standard InChI is InChI=1S/C15H14N2O2S.K.H/c1-9(17(19)15(16)18)10-6-7-12-11-4-2-3-5-13(11)20-14(12)8-10;;/h2-9,19H,1H3,(H2,16,18);;. The Balaban J connectivity index is 0.00000161. The van der Waals surface area contributed by atoms with Gasteiger partial charge in [-0.25, -0.2) is 4.79 Å². The molecule has 3 aromatic rings. The zero-order valence-electron chi connectivity index (χ0n) is 10.9. The summed E-state index contributed by atoms with van der Waals surface area (Å²) < 4.78 is 2.36. The number of carbonyl (C=O) groups excluding carboxylic acids is 1. The Morgan fingerprint density at radius 1 is 1.19 bits per heavy atom. The number of amides is 2. The van der Waals surface area contributed by atoms with E-state index in [1.807, 2.05) is 30.3 Å².